The first-order valence-corrected chi connectivity index (χ1v) is 6.55. The highest BCUT2D eigenvalue weighted by molar-refractivity contribution is 5.21. The van der Waals surface area contributed by atoms with Gasteiger partial charge in [-0.25, -0.2) is 4.39 Å². The van der Waals surface area contributed by atoms with Crippen molar-refractivity contribution in [2.24, 2.45) is 5.92 Å². The minimum Gasteiger partial charge on any atom is -0.207 e. The van der Waals surface area contributed by atoms with Gasteiger partial charge in [0, 0.05) is 0 Å². The van der Waals surface area contributed by atoms with E-state index in [1.54, 1.807) is 6.07 Å². The standard InChI is InChI=1S/C15H21F/c1-2-4-12-7-9-13(10-8-12)14-5-3-6-15(16)11-14/h3,5-6,11-13H,2,4,7-10H2,1H3. The van der Waals surface area contributed by atoms with Crippen LogP contribution in [0.1, 0.15) is 56.9 Å². The lowest BCUT2D eigenvalue weighted by atomic mass is 9.77. The molecule has 0 spiro atoms. The van der Waals surface area contributed by atoms with Crippen molar-refractivity contribution in [3.05, 3.63) is 35.6 Å². The van der Waals surface area contributed by atoms with Gasteiger partial charge in [0.2, 0.25) is 0 Å². The first-order chi connectivity index (χ1) is 7.79. The molecular weight excluding hydrogens is 199 g/mol. The van der Waals surface area contributed by atoms with Crippen molar-refractivity contribution in [1.82, 2.24) is 0 Å². The third kappa shape index (κ3) is 2.84. The van der Waals surface area contributed by atoms with Crippen molar-refractivity contribution in [2.45, 2.75) is 51.4 Å². The molecule has 0 radical (unpaired) electrons. The highest BCUT2D eigenvalue weighted by Crippen LogP contribution is 2.37. The fourth-order valence-electron chi connectivity index (χ4n) is 2.95. The van der Waals surface area contributed by atoms with Gasteiger partial charge >= 0.3 is 0 Å². The summed E-state index contributed by atoms with van der Waals surface area (Å²) in [5.74, 6) is 1.44. The van der Waals surface area contributed by atoms with Gasteiger partial charge in [0.25, 0.3) is 0 Å². The maximum absolute atomic E-state index is 13.1. The number of hydrogen-bond donors (Lipinski definition) is 0. The molecule has 0 atom stereocenters. The molecule has 1 saturated carbocycles. The Morgan fingerprint density at radius 1 is 1.19 bits per heavy atom. The normalized spacial score (nSPS) is 25.6. The van der Waals surface area contributed by atoms with Crippen LogP contribution in [0.2, 0.25) is 0 Å². The maximum atomic E-state index is 13.1. The predicted molar refractivity (Wildman–Crippen MR) is 66.0 cm³/mol. The van der Waals surface area contributed by atoms with Crippen LogP contribution in [0.5, 0.6) is 0 Å². The summed E-state index contributed by atoms with van der Waals surface area (Å²) in [7, 11) is 0. The highest BCUT2D eigenvalue weighted by atomic mass is 19.1. The van der Waals surface area contributed by atoms with Gasteiger partial charge in [-0.3, -0.25) is 0 Å². The lowest BCUT2D eigenvalue weighted by Gasteiger charge is -2.28. The van der Waals surface area contributed by atoms with Crippen LogP contribution in [0.15, 0.2) is 24.3 Å². The first kappa shape index (κ1) is 11.6. The molecule has 0 aromatic heterocycles. The molecule has 1 fully saturated rings. The van der Waals surface area contributed by atoms with E-state index in [9.17, 15) is 4.39 Å². The van der Waals surface area contributed by atoms with Crippen molar-refractivity contribution < 1.29 is 4.39 Å². The van der Waals surface area contributed by atoms with Crippen molar-refractivity contribution in [1.29, 1.82) is 0 Å². The van der Waals surface area contributed by atoms with Crippen molar-refractivity contribution >= 4 is 0 Å². The van der Waals surface area contributed by atoms with Gasteiger partial charge in [0.15, 0.2) is 0 Å². The zero-order valence-electron chi connectivity index (χ0n) is 10.1. The molecule has 0 unspecified atom stereocenters. The Hall–Kier alpha value is -0.850. The summed E-state index contributed by atoms with van der Waals surface area (Å²) in [6.07, 6.45) is 7.82. The van der Waals surface area contributed by atoms with E-state index >= 15 is 0 Å². The molecule has 88 valence electrons. The lowest BCUT2D eigenvalue weighted by molar-refractivity contribution is 0.308. The van der Waals surface area contributed by atoms with Gasteiger partial charge < -0.3 is 0 Å². The summed E-state index contributed by atoms with van der Waals surface area (Å²) in [6.45, 7) is 2.26. The van der Waals surface area contributed by atoms with Crippen molar-refractivity contribution in [2.75, 3.05) is 0 Å². The number of halogens is 1. The second-order valence-corrected chi connectivity index (χ2v) is 5.06. The van der Waals surface area contributed by atoms with Crippen molar-refractivity contribution in [3.8, 4) is 0 Å². The second-order valence-electron chi connectivity index (χ2n) is 5.06. The van der Waals surface area contributed by atoms with Crippen LogP contribution in [0.25, 0.3) is 0 Å². The Balaban J connectivity index is 1.94. The zero-order valence-corrected chi connectivity index (χ0v) is 10.1. The Morgan fingerprint density at radius 2 is 1.94 bits per heavy atom. The van der Waals surface area contributed by atoms with Gasteiger partial charge in [-0.2, -0.15) is 0 Å². The van der Waals surface area contributed by atoms with E-state index in [1.807, 2.05) is 6.07 Å². The number of benzene rings is 1. The van der Waals surface area contributed by atoms with Crippen LogP contribution in [-0.4, -0.2) is 0 Å². The molecule has 0 aliphatic heterocycles. The molecule has 1 aromatic rings. The molecule has 1 heteroatoms. The Morgan fingerprint density at radius 3 is 2.56 bits per heavy atom. The van der Waals surface area contributed by atoms with Crippen LogP contribution in [0.4, 0.5) is 4.39 Å². The fourth-order valence-corrected chi connectivity index (χ4v) is 2.95. The first-order valence-electron chi connectivity index (χ1n) is 6.55. The van der Waals surface area contributed by atoms with Gasteiger partial charge in [-0.15, -0.1) is 0 Å². The maximum Gasteiger partial charge on any atom is 0.123 e. The Labute approximate surface area is 97.9 Å². The summed E-state index contributed by atoms with van der Waals surface area (Å²) >= 11 is 0. The summed E-state index contributed by atoms with van der Waals surface area (Å²) < 4.78 is 13.1. The largest absolute Gasteiger partial charge is 0.207 e. The molecule has 0 bridgehead atoms. The fraction of sp³-hybridized carbons (Fsp3) is 0.600. The summed E-state index contributed by atoms with van der Waals surface area (Å²) in [4.78, 5) is 0. The Kier molecular flexibility index (Phi) is 3.98. The molecule has 0 amide bonds. The quantitative estimate of drug-likeness (QED) is 0.679. The molecule has 1 aliphatic carbocycles. The van der Waals surface area contributed by atoms with Gasteiger partial charge in [0.1, 0.15) is 5.82 Å². The average molecular weight is 220 g/mol. The molecule has 1 aromatic carbocycles. The zero-order chi connectivity index (χ0) is 11.4. The second kappa shape index (κ2) is 5.47. The third-order valence-corrected chi connectivity index (χ3v) is 3.86. The van der Waals surface area contributed by atoms with E-state index in [0.29, 0.717) is 5.92 Å². The van der Waals surface area contributed by atoms with Crippen LogP contribution < -0.4 is 0 Å². The van der Waals surface area contributed by atoms with Crippen LogP contribution in [0.3, 0.4) is 0 Å². The summed E-state index contributed by atoms with van der Waals surface area (Å²) in [5, 5.41) is 0. The van der Waals surface area contributed by atoms with Crippen LogP contribution in [0, 0.1) is 11.7 Å². The molecule has 1 aliphatic rings. The predicted octanol–water partition coefficient (Wildman–Crippen LogP) is 4.90. The molecular formula is C15H21F. The van der Waals surface area contributed by atoms with E-state index < -0.39 is 0 Å². The van der Waals surface area contributed by atoms with Crippen LogP contribution in [-0.2, 0) is 0 Å². The number of hydrogen-bond acceptors (Lipinski definition) is 0. The highest BCUT2D eigenvalue weighted by Gasteiger charge is 2.21. The molecule has 0 heterocycles. The lowest BCUT2D eigenvalue weighted by Crippen LogP contribution is -2.13. The summed E-state index contributed by atoms with van der Waals surface area (Å²) in [5.41, 5.74) is 1.20. The molecule has 0 saturated heterocycles. The van der Waals surface area contributed by atoms with E-state index in [-0.39, 0.29) is 5.82 Å². The molecule has 0 N–H and O–H groups in total. The Bertz CT molecular complexity index is 324. The number of rotatable bonds is 3. The monoisotopic (exact) mass is 220 g/mol. The smallest absolute Gasteiger partial charge is 0.123 e. The van der Waals surface area contributed by atoms with Gasteiger partial charge in [-0.1, -0.05) is 31.9 Å². The molecule has 0 nitrogen and oxygen atoms in total. The van der Waals surface area contributed by atoms with Crippen molar-refractivity contribution in [3.63, 3.8) is 0 Å². The van der Waals surface area contributed by atoms with E-state index in [1.165, 1.54) is 50.2 Å². The van der Waals surface area contributed by atoms with E-state index in [0.717, 1.165) is 5.92 Å². The third-order valence-electron chi connectivity index (χ3n) is 3.86. The minimum atomic E-state index is -0.0896. The molecule has 16 heavy (non-hydrogen) atoms. The van der Waals surface area contributed by atoms with E-state index in [2.05, 4.69) is 13.0 Å². The van der Waals surface area contributed by atoms with Gasteiger partial charge in [0.05, 0.1) is 0 Å². The van der Waals surface area contributed by atoms with Gasteiger partial charge in [-0.05, 0) is 55.2 Å². The summed E-state index contributed by atoms with van der Waals surface area (Å²) in [6, 6.07) is 7.16. The van der Waals surface area contributed by atoms with E-state index in [4.69, 9.17) is 0 Å². The average Bonchev–Trinajstić information content (AvgIpc) is 2.30. The SMILES string of the molecule is CCCC1CCC(c2cccc(F)c2)CC1. The topological polar surface area (TPSA) is 0 Å². The molecule has 2 rings (SSSR count). The minimum absolute atomic E-state index is 0.0896. The van der Waals surface area contributed by atoms with Crippen LogP contribution >= 0.6 is 0 Å².